The fourth-order valence-electron chi connectivity index (χ4n) is 2.33. The molecule has 0 radical (unpaired) electrons. The minimum atomic E-state index is 0.799. The van der Waals surface area contributed by atoms with E-state index in [0.717, 1.165) is 31.1 Å². The van der Waals surface area contributed by atoms with Gasteiger partial charge in [0.25, 0.3) is 0 Å². The summed E-state index contributed by atoms with van der Waals surface area (Å²) in [5, 5.41) is 3.37. The normalized spacial score (nSPS) is 14.6. The number of hydrogen-bond acceptors (Lipinski definition) is 4. The van der Waals surface area contributed by atoms with Crippen molar-refractivity contribution >= 4 is 11.5 Å². The van der Waals surface area contributed by atoms with Crippen molar-refractivity contribution in [3.63, 3.8) is 0 Å². The van der Waals surface area contributed by atoms with Crippen LogP contribution in [0.25, 0.3) is 0 Å². The van der Waals surface area contributed by atoms with Gasteiger partial charge < -0.3 is 10.2 Å². The van der Waals surface area contributed by atoms with Crippen molar-refractivity contribution in [1.29, 1.82) is 0 Å². The molecule has 0 spiro atoms. The van der Waals surface area contributed by atoms with Crippen LogP contribution < -0.4 is 10.2 Å². The lowest BCUT2D eigenvalue weighted by atomic mass is 10.2. The summed E-state index contributed by atoms with van der Waals surface area (Å²) >= 11 is 0. The van der Waals surface area contributed by atoms with Crippen molar-refractivity contribution in [3.8, 4) is 0 Å². The fourth-order valence-corrected chi connectivity index (χ4v) is 2.33. The molecule has 0 atom stereocenters. The van der Waals surface area contributed by atoms with Gasteiger partial charge in [-0.15, -0.1) is 0 Å². The molecule has 1 fully saturated rings. The van der Waals surface area contributed by atoms with Crippen LogP contribution in [-0.4, -0.2) is 23.1 Å². The zero-order valence-corrected chi connectivity index (χ0v) is 10.9. The quantitative estimate of drug-likeness (QED) is 0.910. The van der Waals surface area contributed by atoms with E-state index in [-0.39, 0.29) is 0 Å². The molecule has 19 heavy (non-hydrogen) atoms. The Morgan fingerprint density at radius 3 is 2.53 bits per heavy atom. The molecule has 0 aromatic carbocycles. The molecular formula is C15H18N4. The highest BCUT2D eigenvalue weighted by Crippen LogP contribution is 2.19. The number of nitrogens with zero attached hydrogens (tertiary/aromatic N) is 3. The van der Waals surface area contributed by atoms with E-state index in [2.05, 4.69) is 32.3 Å². The monoisotopic (exact) mass is 254 g/mol. The molecular weight excluding hydrogens is 236 g/mol. The van der Waals surface area contributed by atoms with Gasteiger partial charge >= 0.3 is 0 Å². The fraction of sp³-hybridized carbons (Fsp3) is 0.333. The maximum absolute atomic E-state index is 4.52. The second-order valence-corrected chi connectivity index (χ2v) is 4.81. The van der Waals surface area contributed by atoms with Crippen LogP contribution in [0, 0.1) is 0 Å². The summed E-state index contributed by atoms with van der Waals surface area (Å²) in [6.45, 7) is 3.07. The van der Waals surface area contributed by atoms with Crippen LogP contribution in [0.2, 0.25) is 0 Å². The molecule has 0 saturated carbocycles. The number of aromatic nitrogens is 2. The number of pyridine rings is 2. The van der Waals surface area contributed by atoms with Crippen molar-refractivity contribution in [2.45, 2.75) is 19.4 Å². The van der Waals surface area contributed by atoms with Gasteiger partial charge in [0.05, 0.1) is 11.9 Å². The van der Waals surface area contributed by atoms with E-state index in [4.69, 9.17) is 0 Å². The second-order valence-electron chi connectivity index (χ2n) is 4.81. The zero-order chi connectivity index (χ0) is 12.9. The maximum Gasteiger partial charge on any atom is 0.128 e. The summed E-state index contributed by atoms with van der Waals surface area (Å²) in [6.07, 6.45) is 8.10. The largest absolute Gasteiger partial charge is 0.380 e. The topological polar surface area (TPSA) is 41.0 Å². The van der Waals surface area contributed by atoms with Crippen LogP contribution in [-0.2, 0) is 6.54 Å². The second kappa shape index (κ2) is 5.69. The van der Waals surface area contributed by atoms with Gasteiger partial charge in [0, 0.05) is 32.0 Å². The van der Waals surface area contributed by atoms with Crippen molar-refractivity contribution in [3.05, 3.63) is 48.4 Å². The first-order valence-electron chi connectivity index (χ1n) is 6.75. The van der Waals surface area contributed by atoms with E-state index in [1.54, 1.807) is 0 Å². The minimum Gasteiger partial charge on any atom is -0.380 e. The van der Waals surface area contributed by atoms with Crippen LogP contribution in [0.4, 0.5) is 11.5 Å². The van der Waals surface area contributed by atoms with Crippen LogP contribution in [0.5, 0.6) is 0 Å². The summed E-state index contributed by atoms with van der Waals surface area (Å²) in [5.41, 5.74) is 2.28. The standard InChI is InChI=1S/C15H18N4/c1-2-10-19(9-1)15-4-3-14(12-18-15)17-11-13-5-7-16-8-6-13/h3-8,12,17H,1-2,9-11H2. The van der Waals surface area contributed by atoms with E-state index >= 15 is 0 Å². The highest BCUT2D eigenvalue weighted by molar-refractivity contribution is 5.49. The van der Waals surface area contributed by atoms with Gasteiger partial charge in [0.2, 0.25) is 0 Å². The molecule has 4 heteroatoms. The molecule has 3 heterocycles. The highest BCUT2D eigenvalue weighted by Gasteiger charge is 2.12. The SMILES string of the molecule is c1cc(CNc2ccc(N3CCCC3)nc2)ccn1. The maximum atomic E-state index is 4.52. The lowest BCUT2D eigenvalue weighted by Crippen LogP contribution is -2.18. The third-order valence-corrected chi connectivity index (χ3v) is 3.42. The Bertz CT molecular complexity index is 503. The molecule has 2 aromatic heterocycles. The van der Waals surface area contributed by atoms with Gasteiger partial charge in [-0.2, -0.15) is 0 Å². The zero-order valence-electron chi connectivity index (χ0n) is 10.9. The van der Waals surface area contributed by atoms with Crippen molar-refractivity contribution < 1.29 is 0 Å². The molecule has 2 aromatic rings. The summed E-state index contributed by atoms with van der Waals surface area (Å²) in [7, 11) is 0. The average molecular weight is 254 g/mol. The van der Waals surface area contributed by atoms with Crippen LogP contribution >= 0.6 is 0 Å². The summed E-state index contributed by atoms with van der Waals surface area (Å²) in [6, 6.07) is 8.22. The predicted molar refractivity (Wildman–Crippen MR) is 77.2 cm³/mol. The Morgan fingerprint density at radius 2 is 1.84 bits per heavy atom. The van der Waals surface area contributed by atoms with Gasteiger partial charge in [-0.3, -0.25) is 4.98 Å². The third-order valence-electron chi connectivity index (χ3n) is 3.42. The molecule has 0 aliphatic carbocycles. The molecule has 0 unspecified atom stereocenters. The Labute approximate surface area is 113 Å². The first kappa shape index (κ1) is 12.0. The Morgan fingerprint density at radius 1 is 1.05 bits per heavy atom. The van der Waals surface area contributed by atoms with Gasteiger partial charge in [0.15, 0.2) is 0 Å². The van der Waals surface area contributed by atoms with Gasteiger partial charge in [-0.1, -0.05) is 0 Å². The van der Waals surface area contributed by atoms with E-state index < -0.39 is 0 Å². The molecule has 3 rings (SSSR count). The Kier molecular flexibility index (Phi) is 3.58. The van der Waals surface area contributed by atoms with Crippen LogP contribution in [0.15, 0.2) is 42.9 Å². The van der Waals surface area contributed by atoms with Crippen molar-refractivity contribution in [2.24, 2.45) is 0 Å². The number of rotatable bonds is 4. The lowest BCUT2D eigenvalue weighted by molar-refractivity contribution is 0.937. The third kappa shape index (κ3) is 3.02. The molecule has 1 N–H and O–H groups in total. The van der Waals surface area contributed by atoms with E-state index in [0.29, 0.717) is 0 Å². The Hall–Kier alpha value is -2.10. The van der Waals surface area contributed by atoms with Gasteiger partial charge in [-0.05, 0) is 42.7 Å². The van der Waals surface area contributed by atoms with E-state index in [1.165, 1.54) is 18.4 Å². The van der Waals surface area contributed by atoms with Crippen LogP contribution in [0.3, 0.4) is 0 Å². The Balaban J connectivity index is 1.60. The molecule has 98 valence electrons. The van der Waals surface area contributed by atoms with Gasteiger partial charge in [-0.25, -0.2) is 4.98 Å². The first-order chi connectivity index (χ1) is 9.42. The average Bonchev–Trinajstić information content (AvgIpc) is 3.01. The molecule has 4 nitrogen and oxygen atoms in total. The minimum absolute atomic E-state index is 0.799. The number of nitrogens with one attached hydrogen (secondary N) is 1. The first-order valence-corrected chi connectivity index (χ1v) is 6.75. The summed E-state index contributed by atoms with van der Waals surface area (Å²) in [4.78, 5) is 10.9. The molecule has 0 amide bonds. The summed E-state index contributed by atoms with van der Waals surface area (Å²) < 4.78 is 0. The van der Waals surface area contributed by atoms with Crippen molar-refractivity contribution in [2.75, 3.05) is 23.3 Å². The van der Waals surface area contributed by atoms with E-state index in [9.17, 15) is 0 Å². The predicted octanol–water partition coefficient (Wildman–Crippen LogP) is 2.69. The number of anilines is 2. The number of hydrogen-bond donors (Lipinski definition) is 1. The van der Waals surface area contributed by atoms with E-state index in [1.807, 2.05) is 30.7 Å². The lowest BCUT2D eigenvalue weighted by Gasteiger charge is -2.16. The highest BCUT2D eigenvalue weighted by atomic mass is 15.2. The van der Waals surface area contributed by atoms with Crippen molar-refractivity contribution in [1.82, 2.24) is 9.97 Å². The summed E-state index contributed by atoms with van der Waals surface area (Å²) in [5.74, 6) is 1.09. The molecule has 1 aliphatic rings. The molecule has 1 saturated heterocycles. The van der Waals surface area contributed by atoms with Gasteiger partial charge in [0.1, 0.15) is 5.82 Å². The smallest absolute Gasteiger partial charge is 0.128 e. The van der Waals surface area contributed by atoms with Crippen LogP contribution in [0.1, 0.15) is 18.4 Å². The molecule has 1 aliphatic heterocycles. The molecule has 0 bridgehead atoms.